The quantitative estimate of drug-likeness (QED) is 0.803. The highest BCUT2D eigenvalue weighted by atomic mass is 35.5. The molecule has 0 fully saturated rings. The fourth-order valence-electron chi connectivity index (χ4n) is 1.41. The van der Waals surface area contributed by atoms with E-state index in [1.54, 1.807) is 0 Å². The van der Waals surface area contributed by atoms with E-state index < -0.39 is 23.4 Å². The van der Waals surface area contributed by atoms with Crippen molar-refractivity contribution in [1.29, 1.82) is 0 Å². The van der Waals surface area contributed by atoms with E-state index in [2.05, 4.69) is 5.32 Å². The van der Waals surface area contributed by atoms with Crippen molar-refractivity contribution in [3.63, 3.8) is 0 Å². The summed E-state index contributed by atoms with van der Waals surface area (Å²) in [6.45, 7) is 1.28. The van der Waals surface area contributed by atoms with E-state index in [0.29, 0.717) is 0 Å². The molecule has 0 saturated carbocycles. The van der Waals surface area contributed by atoms with Crippen molar-refractivity contribution in [1.82, 2.24) is 5.32 Å². The lowest BCUT2D eigenvalue weighted by atomic mass is 9.92. The highest BCUT2D eigenvalue weighted by Gasteiger charge is 2.32. The number of hydrogen-bond donors (Lipinski definition) is 3. The molecule has 0 saturated heterocycles. The molecule has 0 aromatic heterocycles. The fourth-order valence-corrected chi connectivity index (χ4v) is 1.41. The lowest BCUT2D eigenvalue weighted by Gasteiger charge is -2.25. The Balaban J connectivity index is 0.00000324. The summed E-state index contributed by atoms with van der Waals surface area (Å²) < 4.78 is 37.6. The van der Waals surface area contributed by atoms with E-state index in [-0.39, 0.29) is 24.5 Å². The van der Waals surface area contributed by atoms with Crippen LogP contribution in [0.4, 0.5) is 18.0 Å². The number of nitrogens with one attached hydrogen (secondary N) is 1. The number of amides is 1. The van der Waals surface area contributed by atoms with E-state index in [0.717, 1.165) is 12.1 Å². The van der Waals surface area contributed by atoms with E-state index in [4.69, 9.17) is 10.8 Å². The second-order valence-electron chi connectivity index (χ2n) is 4.15. The summed E-state index contributed by atoms with van der Waals surface area (Å²) in [5, 5.41) is 10.5. The number of benzene rings is 1. The molecule has 1 aromatic carbocycles. The summed E-state index contributed by atoms with van der Waals surface area (Å²) in [5.74, 6) is 0. The highest BCUT2D eigenvalue weighted by Crippen LogP contribution is 2.31. The van der Waals surface area contributed by atoms with Gasteiger partial charge < -0.3 is 16.2 Å². The molecular formula is C11H14ClF3N2O2. The zero-order valence-corrected chi connectivity index (χ0v) is 10.8. The third-order valence-corrected chi connectivity index (χ3v) is 2.46. The molecule has 0 aliphatic heterocycles. The Kier molecular flexibility index (Phi) is 5.64. The minimum absolute atomic E-state index is 0. The molecule has 4 nitrogen and oxygen atoms in total. The van der Waals surface area contributed by atoms with Crippen LogP contribution in [0.1, 0.15) is 18.1 Å². The molecule has 4 N–H and O–H groups in total. The molecule has 108 valence electrons. The number of hydrogen-bond acceptors (Lipinski definition) is 2. The van der Waals surface area contributed by atoms with E-state index >= 15 is 0 Å². The van der Waals surface area contributed by atoms with E-state index in [1.165, 1.54) is 19.1 Å². The first-order chi connectivity index (χ1) is 8.13. The third-order valence-electron chi connectivity index (χ3n) is 2.46. The van der Waals surface area contributed by atoms with Crippen LogP contribution in [0.5, 0.6) is 0 Å². The molecule has 8 heteroatoms. The maximum atomic E-state index is 12.5. The molecule has 0 radical (unpaired) electrons. The Morgan fingerprint density at radius 3 is 2.37 bits per heavy atom. The van der Waals surface area contributed by atoms with E-state index in [1.807, 2.05) is 0 Å². The van der Waals surface area contributed by atoms with Crippen molar-refractivity contribution >= 4 is 18.5 Å². The number of alkyl halides is 3. The van der Waals surface area contributed by atoms with Crippen molar-refractivity contribution in [3.05, 3.63) is 35.4 Å². The van der Waals surface area contributed by atoms with Gasteiger partial charge in [0.25, 0.3) is 0 Å². The average Bonchev–Trinajstić information content (AvgIpc) is 2.26. The molecule has 1 atom stereocenters. The maximum Gasteiger partial charge on any atom is 0.416 e. The predicted octanol–water partition coefficient (Wildman–Crippen LogP) is 2.57. The zero-order chi connectivity index (χ0) is 14.0. The SMILES string of the molecule is C[C@](N)(CNC(=O)O)c1cccc(C(F)(F)F)c1.Cl. The standard InChI is InChI=1S/C11H13F3N2O2.ClH/c1-10(15,6-16-9(17)18)7-3-2-4-8(5-7)11(12,13)14;/h2-5,16H,6,15H2,1H3,(H,17,18);1H/t10-;/m0./s1. The van der Waals surface area contributed by atoms with Crippen LogP contribution in [-0.4, -0.2) is 17.7 Å². The minimum Gasteiger partial charge on any atom is -0.465 e. The van der Waals surface area contributed by atoms with Gasteiger partial charge in [-0.2, -0.15) is 13.2 Å². The number of carboxylic acid groups (broad SMARTS) is 1. The summed E-state index contributed by atoms with van der Waals surface area (Å²) in [4.78, 5) is 10.4. The Bertz CT molecular complexity index is 450. The Morgan fingerprint density at radius 2 is 1.89 bits per heavy atom. The van der Waals surface area contributed by atoms with Gasteiger partial charge in [0, 0.05) is 6.54 Å². The molecule has 1 rings (SSSR count). The van der Waals surface area contributed by atoms with Crippen molar-refractivity contribution in [2.24, 2.45) is 5.73 Å². The van der Waals surface area contributed by atoms with Crippen LogP contribution < -0.4 is 11.1 Å². The molecule has 1 aromatic rings. The van der Waals surface area contributed by atoms with Crippen molar-refractivity contribution in [2.45, 2.75) is 18.6 Å². The molecule has 0 spiro atoms. The first-order valence-electron chi connectivity index (χ1n) is 5.06. The summed E-state index contributed by atoms with van der Waals surface area (Å²) in [6, 6.07) is 4.52. The van der Waals surface area contributed by atoms with Crippen LogP contribution in [0.2, 0.25) is 0 Å². The lowest BCUT2D eigenvalue weighted by Crippen LogP contribution is -2.45. The van der Waals surface area contributed by atoms with Crippen molar-refractivity contribution in [3.8, 4) is 0 Å². The van der Waals surface area contributed by atoms with Crippen LogP contribution in [0.3, 0.4) is 0 Å². The van der Waals surface area contributed by atoms with Crippen LogP contribution in [-0.2, 0) is 11.7 Å². The van der Waals surface area contributed by atoms with Crippen LogP contribution in [0.15, 0.2) is 24.3 Å². The fraction of sp³-hybridized carbons (Fsp3) is 0.364. The largest absolute Gasteiger partial charge is 0.465 e. The van der Waals surface area contributed by atoms with Gasteiger partial charge in [-0.3, -0.25) is 0 Å². The summed E-state index contributed by atoms with van der Waals surface area (Å²) in [7, 11) is 0. The average molecular weight is 299 g/mol. The second-order valence-corrected chi connectivity index (χ2v) is 4.15. The molecule has 0 bridgehead atoms. The van der Waals surface area contributed by atoms with Crippen molar-refractivity contribution < 1.29 is 23.1 Å². The topological polar surface area (TPSA) is 75.3 Å². The lowest BCUT2D eigenvalue weighted by molar-refractivity contribution is -0.137. The molecular weight excluding hydrogens is 285 g/mol. The molecule has 0 unspecified atom stereocenters. The normalized spacial score (nSPS) is 14.2. The second kappa shape index (κ2) is 6.12. The first-order valence-corrected chi connectivity index (χ1v) is 5.06. The first kappa shape index (κ1) is 17.5. The van der Waals surface area contributed by atoms with Gasteiger partial charge in [0.1, 0.15) is 0 Å². The third kappa shape index (κ3) is 4.96. The summed E-state index contributed by atoms with van der Waals surface area (Å²) >= 11 is 0. The van der Waals surface area contributed by atoms with Gasteiger partial charge in [-0.05, 0) is 24.6 Å². The monoisotopic (exact) mass is 298 g/mol. The molecule has 0 heterocycles. The van der Waals surface area contributed by atoms with Gasteiger partial charge in [0.15, 0.2) is 0 Å². The minimum atomic E-state index is -4.45. The van der Waals surface area contributed by atoms with E-state index in [9.17, 15) is 18.0 Å². The maximum absolute atomic E-state index is 12.5. The van der Waals surface area contributed by atoms with Crippen LogP contribution in [0, 0.1) is 0 Å². The molecule has 1 amide bonds. The number of halogens is 4. The number of rotatable bonds is 3. The van der Waals surface area contributed by atoms with Gasteiger partial charge in [0.05, 0.1) is 11.1 Å². The smallest absolute Gasteiger partial charge is 0.416 e. The van der Waals surface area contributed by atoms with Gasteiger partial charge in [-0.15, -0.1) is 12.4 Å². The number of carbonyl (C=O) groups is 1. The van der Waals surface area contributed by atoms with Gasteiger partial charge in [-0.1, -0.05) is 12.1 Å². The summed E-state index contributed by atoms with van der Waals surface area (Å²) in [6.07, 6.45) is -5.73. The Hall–Kier alpha value is -1.47. The Labute approximate surface area is 114 Å². The Morgan fingerprint density at radius 1 is 1.37 bits per heavy atom. The molecule has 0 aliphatic carbocycles. The number of nitrogens with two attached hydrogens (primary N) is 1. The van der Waals surface area contributed by atoms with Crippen molar-refractivity contribution in [2.75, 3.05) is 6.54 Å². The zero-order valence-electron chi connectivity index (χ0n) is 9.99. The molecule has 19 heavy (non-hydrogen) atoms. The van der Waals surface area contributed by atoms with Gasteiger partial charge >= 0.3 is 12.3 Å². The van der Waals surface area contributed by atoms with Gasteiger partial charge in [0.2, 0.25) is 0 Å². The van der Waals surface area contributed by atoms with Gasteiger partial charge in [-0.25, -0.2) is 4.79 Å². The van der Waals surface area contributed by atoms with Crippen LogP contribution in [0.25, 0.3) is 0 Å². The molecule has 0 aliphatic rings. The predicted molar refractivity (Wildman–Crippen MR) is 66.3 cm³/mol. The summed E-state index contributed by atoms with van der Waals surface area (Å²) in [5.41, 5.74) is 4.00. The van der Waals surface area contributed by atoms with Crippen LogP contribution >= 0.6 is 12.4 Å². The highest BCUT2D eigenvalue weighted by molar-refractivity contribution is 5.85.